The zero-order chi connectivity index (χ0) is 13.5. The van der Waals surface area contributed by atoms with Crippen molar-refractivity contribution in [2.75, 3.05) is 11.9 Å². The fourth-order valence-electron chi connectivity index (χ4n) is 1.33. The summed E-state index contributed by atoms with van der Waals surface area (Å²) in [7, 11) is 0. The van der Waals surface area contributed by atoms with Crippen LogP contribution in [0.4, 0.5) is 10.5 Å². The molecule has 0 radical (unpaired) electrons. The van der Waals surface area contributed by atoms with Crippen LogP contribution in [0.2, 0.25) is 0 Å². The fourth-order valence-corrected chi connectivity index (χ4v) is 1.33. The first kappa shape index (κ1) is 14.3. The van der Waals surface area contributed by atoms with Gasteiger partial charge in [0.15, 0.2) is 0 Å². The van der Waals surface area contributed by atoms with E-state index in [0.717, 1.165) is 5.75 Å². The summed E-state index contributed by atoms with van der Waals surface area (Å²) < 4.78 is 5.49. The van der Waals surface area contributed by atoms with Gasteiger partial charge in [-0.2, -0.15) is 0 Å². The number of rotatable bonds is 5. The van der Waals surface area contributed by atoms with Crippen molar-refractivity contribution >= 4 is 11.7 Å². The molecule has 0 saturated carbocycles. The number of ether oxygens (including phenoxy) is 1. The van der Waals surface area contributed by atoms with Crippen LogP contribution in [0.1, 0.15) is 20.8 Å². The van der Waals surface area contributed by atoms with Gasteiger partial charge >= 0.3 is 6.03 Å². The average molecular weight is 252 g/mol. The Labute approximate surface area is 107 Å². The highest BCUT2D eigenvalue weighted by atomic mass is 16.5. The predicted molar refractivity (Wildman–Crippen MR) is 70.9 cm³/mol. The van der Waals surface area contributed by atoms with Gasteiger partial charge in [0, 0.05) is 5.69 Å². The number of carbonyl (C=O) groups excluding carboxylic acids is 1. The van der Waals surface area contributed by atoms with Crippen molar-refractivity contribution in [1.82, 2.24) is 5.32 Å². The highest BCUT2D eigenvalue weighted by molar-refractivity contribution is 5.89. The molecule has 0 heterocycles. The van der Waals surface area contributed by atoms with Crippen LogP contribution < -0.4 is 15.4 Å². The van der Waals surface area contributed by atoms with E-state index in [2.05, 4.69) is 10.6 Å². The largest absolute Gasteiger partial charge is 0.491 e. The number of benzene rings is 1. The number of hydrogen-bond acceptors (Lipinski definition) is 3. The molecular weight excluding hydrogens is 232 g/mol. The molecule has 0 saturated heterocycles. The van der Waals surface area contributed by atoms with E-state index in [1.54, 1.807) is 31.2 Å². The molecule has 18 heavy (non-hydrogen) atoms. The highest BCUT2D eigenvalue weighted by Crippen LogP contribution is 2.16. The molecule has 1 aromatic rings. The topological polar surface area (TPSA) is 70.6 Å². The van der Waals surface area contributed by atoms with E-state index in [0.29, 0.717) is 5.69 Å². The molecule has 0 fully saturated rings. The minimum atomic E-state index is -0.339. The molecule has 2 amide bonds. The van der Waals surface area contributed by atoms with Crippen molar-refractivity contribution in [2.24, 2.45) is 0 Å². The molecule has 0 spiro atoms. The Morgan fingerprint density at radius 2 is 1.89 bits per heavy atom. The second kappa shape index (κ2) is 6.86. The molecule has 0 bridgehead atoms. The van der Waals surface area contributed by atoms with Crippen LogP contribution in [0.15, 0.2) is 24.3 Å². The predicted octanol–water partition coefficient (Wildman–Crippen LogP) is 1.98. The Morgan fingerprint density at radius 1 is 1.28 bits per heavy atom. The third-order valence-corrected chi connectivity index (χ3v) is 2.14. The fraction of sp³-hybridized carbons (Fsp3) is 0.462. The van der Waals surface area contributed by atoms with E-state index in [1.807, 2.05) is 13.8 Å². The molecule has 100 valence electrons. The summed E-state index contributed by atoms with van der Waals surface area (Å²) in [5.74, 6) is 0.764. The van der Waals surface area contributed by atoms with Gasteiger partial charge in [0.1, 0.15) is 5.75 Å². The first-order valence-corrected chi connectivity index (χ1v) is 5.96. The van der Waals surface area contributed by atoms with Gasteiger partial charge in [0.25, 0.3) is 0 Å². The van der Waals surface area contributed by atoms with E-state index in [9.17, 15) is 4.79 Å². The smallest absolute Gasteiger partial charge is 0.319 e. The number of hydrogen-bond donors (Lipinski definition) is 3. The lowest BCUT2D eigenvalue weighted by molar-refractivity contribution is 0.229. The zero-order valence-corrected chi connectivity index (χ0v) is 10.9. The van der Waals surface area contributed by atoms with Crippen LogP contribution in [0, 0.1) is 0 Å². The summed E-state index contributed by atoms with van der Waals surface area (Å²) in [4.78, 5) is 11.5. The summed E-state index contributed by atoms with van der Waals surface area (Å²) in [6, 6.07) is 6.51. The van der Waals surface area contributed by atoms with Gasteiger partial charge in [-0.3, -0.25) is 0 Å². The second-order valence-electron chi connectivity index (χ2n) is 4.37. The third-order valence-electron chi connectivity index (χ3n) is 2.14. The Balaban J connectivity index is 2.50. The number of anilines is 1. The van der Waals surface area contributed by atoms with E-state index >= 15 is 0 Å². The number of aliphatic hydroxyl groups excluding tert-OH is 1. The quantitative estimate of drug-likeness (QED) is 0.750. The maximum atomic E-state index is 11.5. The first-order valence-electron chi connectivity index (χ1n) is 5.96. The standard InChI is InChI=1S/C13H20N2O3/c1-9(2)18-12-6-4-11(5-7-12)15-13(17)14-10(3)8-16/h4-7,9-10,16H,8H2,1-3H3,(H2,14,15,17). The van der Waals surface area contributed by atoms with Crippen LogP contribution in [-0.4, -0.2) is 29.9 Å². The molecule has 5 heteroatoms. The van der Waals surface area contributed by atoms with E-state index in [1.165, 1.54) is 0 Å². The van der Waals surface area contributed by atoms with Crippen molar-refractivity contribution < 1.29 is 14.6 Å². The van der Waals surface area contributed by atoms with E-state index < -0.39 is 0 Å². The Morgan fingerprint density at radius 3 is 2.39 bits per heavy atom. The van der Waals surface area contributed by atoms with Crippen molar-refractivity contribution in [1.29, 1.82) is 0 Å². The molecule has 1 rings (SSSR count). The van der Waals surface area contributed by atoms with Gasteiger partial charge in [-0.15, -0.1) is 0 Å². The average Bonchev–Trinajstić information content (AvgIpc) is 2.30. The maximum absolute atomic E-state index is 11.5. The summed E-state index contributed by atoms with van der Waals surface area (Å²) in [5.41, 5.74) is 0.675. The van der Waals surface area contributed by atoms with Crippen LogP contribution in [0.3, 0.4) is 0 Å². The van der Waals surface area contributed by atoms with Gasteiger partial charge in [0.05, 0.1) is 18.8 Å². The highest BCUT2D eigenvalue weighted by Gasteiger charge is 2.06. The Bertz CT molecular complexity index is 376. The SMILES string of the molecule is CC(CO)NC(=O)Nc1ccc(OC(C)C)cc1. The molecule has 1 atom stereocenters. The minimum absolute atomic E-state index is 0.0887. The summed E-state index contributed by atoms with van der Waals surface area (Å²) in [6.07, 6.45) is 0.123. The molecule has 3 N–H and O–H groups in total. The van der Waals surface area contributed by atoms with Crippen LogP contribution >= 0.6 is 0 Å². The maximum Gasteiger partial charge on any atom is 0.319 e. The normalized spacial score (nSPS) is 12.1. The lowest BCUT2D eigenvalue weighted by Crippen LogP contribution is -2.38. The Kier molecular flexibility index (Phi) is 5.45. The van der Waals surface area contributed by atoms with Crippen molar-refractivity contribution in [2.45, 2.75) is 32.9 Å². The molecule has 5 nitrogen and oxygen atoms in total. The third kappa shape index (κ3) is 5.05. The molecule has 0 aliphatic heterocycles. The number of urea groups is 1. The van der Waals surface area contributed by atoms with E-state index in [-0.39, 0.29) is 24.8 Å². The van der Waals surface area contributed by atoms with Gasteiger partial charge in [0.2, 0.25) is 0 Å². The second-order valence-corrected chi connectivity index (χ2v) is 4.37. The van der Waals surface area contributed by atoms with Crippen molar-refractivity contribution in [3.63, 3.8) is 0 Å². The molecule has 1 unspecified atom stereocenters. The van der Waals surface area contributed by atoms with Crippen LogP contribution in [0.5, 0.6) is 5.75 Å². The van der Waals surface area contributed by atoms with Crippen LogP contribution in [0.25, 0.3) is 0 Å². The lowest BCUT2D eigenvalue weighted by atomic mass is 10.3. The first-order chi connectivity index (χ1) is 8.51. The number of amides is 2. The summed E-state index contributed by atoms with van der Waals surface area (Å²) >= 11 is 0. The number of aliphatic hydroxyl groups is 1. The zero-order valence-electron chi connectivity index (χ0n) is 10.9. The van der Waals surface area contributed by atoms with Gasteiger partial charge in [-0.1, -0.05) is 0 Å². The van der Waals surface area contributed by atoms with Gasteiger partial charge < -0.3 is 20.5 Å². The number of nitrogens with one attached hydrogen (secondary N) is 2. The van der Waals surface area contributed by atoms with Crippen molar-refractivity contribution in [3.8, 4) is 5.75 Å². The van der Waals surface area contributed by atoms with Gasteiger partial charge in [-0.05, 0) is 45.0 Å². The minimum Gasteiger partial charge on any atom is -0.491 e. The summed E-state index contributed by atoms with van der Waals surface area (Å²) in [5, 5.41) is 14.1. The van der Waals surface area contributed by atoms with E-state index in [4.69, 9.17) is 9.84 Å². The molecule has 1 aromatic carbocycles. The summed E-state index contributed by atoms with van der Waals surface area (Å²) in [6.45, 7) is 5.54. The molecule has 0 aromatic heterocycles. The lowest BCUT2D eigenvalue weighted by Gasteiger charge is -2.13. The Hall–Kier alpha value is -1.75. The molecular formula is C13H20N2O3. The monoisotopic (exact) mass is 252 g/mol. The van der Waals surface area contributed by atoms with Gasteiger partial charge in [-0.25, -0.2) is 4.79 Å². The molecule has 0 aliphatic rings. The van der Waals surface area contributed by atoms with Crippen molar-refractivity contribution in [3.05, 3.63) is 24.3 Å². The molecule has 0 aliphatic carbocycles. The van der Waals surface area contributed by atoms with Crippen LogP contribution in [-0.2, 0) is 0 Å². The number of carbonyl (C=O) groups is 1.